The number of aromatic nitrogens is 2. The third-order valence-corrected chi connectivity index (χ3v) is 7.17. The van der Waals surface area contributed by atoms with Gasteiger partial charge < -0.3 is 35.5 Å². The Hall–Kier alpha value is -4.54. The summed E-state index contributed by atoms with van der Waals surface area (Å²) >= 11 is 0. The summed E-state index contributed by atoms with van der Waals surface area (Å²) in [6.45, 7) is 1.75. The van der Waals surface area contributed by atoms with Gasteiger partial charge in [-0.3, -0.25) is 9.59 Å². The van der Waals surface area contributed by atoms with Gasteiger partial charge in [0.05, 0.1) is 26.9 Å². The van der Waals surface area contributed by atoms with Crippen molar-refractivity contribution in [3.8, 4) is 28.4 Å². The van der Waals surface area contributed by atoms with Crippen molar-refractivity contribution in [1.29, 1.82) is 0 Å². The maximum absolute atomic E-state index is 13.2. The van der Waals surface area contributed by atoms with Crippen molar-refractivity contribution in [2.75, 3.05) is 51.1 Å². The summed E-state index contributed by atoms with van der Waals surface area (Å²) in [7, 11) is 3.20. The first-order chi connectivity index (χ1) is 19.4. The second-order valence-corrected chi connectivity index (χ2v) is 9.75. The van der Waals surface area contributed by atoms with Crippen LogP contribution in [0.3, 0.4) is 0 Å². The standard InChI is InChI=1S/C29H34N6O5/c1-38-24-16-18-3-6-26(36)31-11-13-35(25-7-10-32-29(30)34-25)12-8-27(37)33-22-9-14-40-23-5-4-19(17-21(22)23)20(15-18)28(24)39-2/h4-5,7,10,15-17,22H,3,6,8-9,11-14H2,1-2H3,(H,31,36)(H,33,37)(H2,30,32,34). The number of nitrogens with zero attached hydrogens (tertiary/aromatic N) is 3. The smallest absolute Gasteiger partial charge is 0.222 e. The molecule has 1 unspecified atom stereocenters. The molecule has 0 saturated heterocycles. The number of nitrogens with two attached hydrogens (primary N) is 1. The van der Waals surface area contributed by atoms with E-state index in [1.807, 2.05) is 35.2 Å². The number of aryl methyl sites for hydroxylation is 1. The Bertz CT molecular complexity index is 1400. The molecule has 0 fully saturated rings. The van der Waals surface area contributed by atoms with Crippen LogP contribution in [0.2, 0.25) is 0 Å². The minimum atomic E-state index is -0.200. The maximum atomic E-state index is 13.2. The molecule has 1 aromatic heterocycles. The van der Waals surface area contributed by atoms with E-state index in [-0.39, 0.29) is 30.2 Å². The number of anilines is 2. The van der Waals surface area contributed by atoms with Gasteiger partial charge in [-0.15, -0.1) is 0 Å². The number of nitrogen functional groups attached to an aromatic ring is 1. The number of amides is 2. The number of nitrogens with one attached hydrogen (secondary N) is 2. The third kappa shape index (κ3) is 6.03. The van der Waals surface area contributed by atoms with E-state index < -0.39 is 0 Å². The summed E-state index contributed by atoms with van der Waals surface area (Å²) in [4.78, 5) is 36.1. The normalized spacial score (nSPS) is 17.9. The highest BCUT2D eigenvalue weighted by atomic mass is 16.5. The highest BCUT2D eigenvalue weighted by Gasteiger charge is 2.25. The van der Waals surface area contributed by atoms with Gasteiger partial charge in [0, 0.05) is 56.2 Å². The van der Waals surface area contributed by atoms with Crippen LogP contribution in [0.15, 0.2) is 42.6 Å². The zero-order valence-electron chi connectivity index (χ0n) is 22.7. The number of carbonyl (C=O) groups excluding carboxylic acids is 2. The van der Waals surface area contributed by atoms with Crippen molar-refractivity contribution in [2.45, 2.75) is 31.7 Å². The summed E-state index contributed by atoms with van der Waals surface area (Å²) in [5.74, 6) is 2.51. The van der Waals surface area contributed by atoms with Crippen LogP contribution in [-0.2, 0) is 16.0 Å². The Morgan fingerprint density at radius 3 is 2.70 bits per heavy atom. The topological polar surface area (TPSA) is 141 Å². The molecule has 4 N–H and O–H groups in total. The van der Waals surface area contributed by atoms with Crippen LogP contribution in [0, 0.1) is 0 Å². The molecule has 5 rings (SSSR count). The van der Waals surface area contributed by atoms with E-state index in [0.717, 1.165) is 28.0 Å². The van der Waals surface area contributed by atoms with Gasteiger partial charge in [0.15, 0.2) is 11.5 Å². The number of hydrogen-bond donors (Lipinski definition) is 3. The number of rotatable bonds is 3. The van der Waals surface area contributed by atoms with Crippen molar-refractivity contribution < 1.29 is 23.8 Å². The van der Waals surface area contributed by atoms with Crippen LogP contribution in [0.4, 0.5) is 11.8 Å². The molecular weight excluding hydrogens is 512 g/mol. The fraction of sp³-hybridized carbons (Fsp3) is 0.379. The molecule has 0 radical (unpaired) electrons. The molecule has 4 bridgehead atoms. The van der Waals surface area contributed by atoms with Crippen LogP contribution in [0.1, 0.15) is 36.4 Å². The van der Waals surface area contributed by atoms with Crippen LogP contribution >= 0.6 is 0 Å². The molecule has 11 nitrogen and oxygen atoms in total. The Morgan fingerprint density at radius 1 is 1.02 bits per heavy atom. The van der Waals surface area contributed by atoms with Gasteiger partial charge in [0.25, 0.3) is 0 Å². The quantitative estimate of drug-likeness (QED) is 0.452. The Labute approximate surface area is 233 Å². The molecule has 2 aliphatic heterocycles. The van der Waals surface area contributed by atoms with Gasteiger partial charge in [-0.2, -0.15) is 4.98 Å². The molecule has 1 atom stereocenters. The molecular formula is C29H34N6O5. The Kier molecular flexibility index (Phi) is 8.18. The fourth-order valence-corrected chi connectivity index (χ4v) is 5.15. The van der Waals surface area contributed by atoms with Crippen LogP contribution in [0.5, 0.6) is 17.2 Å². The predicted molar refractivity (Wildman–Crippen MR) is 151 cm³/mol. The number of benzene rings is 2. The van der Waals surface area contributed by atoms with Crippen molar-refractivity contribution in [3.05, 3.63) is 53.7 Å². The molecule has 0 spiro atoms. The average molecular weight is 547 g/mol. The van der Waals surface area contributed by atoms with Crippen molar-refractivity contribution in [3.63, 3.8) is 0 Å². The summed E-state index contributed by atoms with van der Waals surface area (Å²) in [5, 5.41) is 6.17. The minimum absolute atomic E-state index is 0.0777. The second kappa shape index (κ2) is 12.1. The van der Waals surface area contributed by atoms with Gasteiger partial charge in [0.1, 0.15) is 11.6 Å². The molecule has 2 aromatic carbocycles. The van der Waals surface area contributed by atoms with E-state index >= 15 is 0 Å². The molecule has 2 aliphatic rings. The van der Waals surface area contributed by atoms with Crippen LogP contribution < -0.4 is 35.5 Å². The fourth-order valence-electron chi connectivity index (χ4n) is 5.15. The highest BCUT2D eigenvalue weighted by molar-refractivity contribution is 5.79. The van der Waals surface area contributed by atoms with E-state index in [0.29, 0.717) is 62.8 Å². The van der Waals surface area contributed by atoms with E-state index in [1.165, 1.54) is 0 Å². The molecule has 11 heteroatoms. The van der Waals surface area contributed by atoms with Gasteiger partial charge in [-0.05, 0) is 47.9 Å². The first-order valence-corrected chi connectivity index (χ1v) is 13.4. The van der Waals surface area contributed by atoms with E-state index in [1.54, 1.807) is 26.5 Å². The minimum Gasteiger partial charge on any atom is -0.493 e. The lowest BCUT2D eigenvalue weighted by molar-refractivity contribution is -0.122. The van der Waals surface area contributed by atoms with Gasteiger partial charge in [-0.1, -0.05) is 6.07 Å². The zero-order valence-corrected chi connectivity index (χ0v) is 22.7. The lowest BCUT2D eigenvalue weighted by Crippen LogP contribution is -2.39. The van der Waals surface area contributed by atoms with Gasteiger partial charge >= 0.3 is 0 Å². The first-order valence-electron chi connectivity index (χ1n) is 13.4. The maximum Gasteiger partial charge on any atom is 0.222 e. The summed E-state index contributed by atoms with van der Waals surface area (Å²) < 4.78 is 17.3. The van der Waals surface area contributed by atoms with E-state index in [9.17, 15) is 9.59 Å². The van der Waals surface area contributed by atoms with Gasteiger partial charge in [-0.25, -0.2) is 4.98 Å². The molecule has 2 amide bonds. The molecule has 3 heterocycles. The number of fused-ring (bicyclic) bond motifs is 4. The van der Waals surface area contributed by atoms with E-state index in [2.05, 4.69) is 20.6 Å². The number of carbonyl (C=O) groups is 2. The Balaban J connectivity index is 1.50. The van der Waals surface area contributed by atoms with Crippen molar-refractivity contribution >= 4 is 23.6 Å². The largest absolute Gasteiger partial charge is 0.493 e. The lowest BCUT2D eigenvalue weighted by Gasteiger charge is -2.28. The van der Waals surface area contributed by atoms with Crippen molar-refractivity contribution in [1.82, 2.24) is 20.6 Å². The van der Waals surface area contributed by atoms with Crippen LogP contribution in [0.25, 0.3) is 11.1 Å². The summed E-state index contributed by atoms with van der Waals surface area (Å²) in [6, 6.07) is 11.4. The molecule has 0 aliphatic carbocycles. The Morgan fingerprint density at radius 2 is 1.90 bits per heavy atom. The number of hydrogen-bond acceptors (Lipinski definition) is 9. The summed E-state index contributed by atoms with van der Waals surface area (Å²) in [6.07, 6.45) is 3.30. The monoisotopic (exact) mass is 546 g/mol. The number of methoxy groups -OCH3 is 2. The molecule has 40 heavy (non-hydrogen) atoms. The highest BCUT2D eigenvalue weighted by Crippen LogP contribution is 2.42. The third-order valence-electron chi connectivity index (χ3n) is 7.17. The van der Waals surface area contributed by atoms with Crippen molar-refractivity contribution in [2.24, 2.45) is 0 Å². The second-order valence-electron chi connectivity index (χ2n) is 9.75. The van der Waals surface area contributed by atoms with Gasteiger partial charge in [0.2, 0.25) is 17.8 Å². The van der Waals surface area contributed by atoms with Crippen LogP contribution in [-0.4, -0.2) is 62.2 Å². The first kappa shape index (κ1) is 27.0. The lowest BCUT2D eigenvalue weighted by atomic mass is 9.93. The predicted octanol–water partition coefficient (Wildman–Crippen LogP) is 2.64. The number of ether oxygens (including phenoxy) is 3. The zero-order chi connectivity index (χ0) is 28.1. The van der Waals surface area contributed by atoms with E-state index in [4.69, 9.17) is 19.9 Å². The summed E-state index contributed by atoms with van der Waals surface area (Å²) in [5.41, 5.74) is 9.41. The average Bonchev–Trinajstić information content (AvgIpc) is 2.96. The molecule has 3 aromatic rings. The SMILES string of the molecule is COc1cc2cc(c1OC)-c1ccc3c(c1)C(CCO3)NC(=O)CCN(c1ccnc(N)n1)CCNC(=O)CC2. The molecule has 0 saturated carbocycles. The molecule has 210 valence electrons.